The molecule has 0 N–H and O–H groups in total. The minimum absolute atomic E-state index is 0.0239. The van der Waals surface area contributed by atoms with Crippen LogP contribution in [0.25, 0.3) is 15.2 Å². The molecule has 0 spiro atoms. The molecule has 242 valence electrons. The second-order valence-electron chi connectivity index (χ2n) is 12.1. The number of hydrogen-bond donors (Lipinski definition) is 0. The third-order valence-electron chi connectivity index (χ3n) is 7.38. The third-order valence-corrected chi connectivity index (χ3v) is 8.66. The molecule has 1 unspecified atom stereocenters. The zero-order chi connectivity index (χ0) is 33.2. The molecule has 0 aliphatic heterocycles. The maximum absolute atomic E-state index is 14.6. The molecule has 0 saturated carbocycles. The van der Waals surface area contributed by atoms with E-state index in [0.29, 0.717) is 26.7 Å². The number of fused-ring (bicyclic) bond motifs is 1. The van der Waals surface area contributed by atoms with E-state index in [4.69, 9.17) is 14.2 Å². The Bertz CT molecular complexity index is 1960. The summed E-state index contributed by atoms with van der Waals surface area (Å²) in [5.74, 6) is -0.876. The number of halogens is 1. The second kappa shape index (κ2) is 13.4. The molecule has 3 heterocycles. The van der Waals surface area contributed by atoms with Crippen molar-refractivity contribution in [1.82, 2.24) is 24.1 Å². The summed E-state index contributed by atoms with van der Waals surface area (Å²) in [5.41, 5.74) is 0.0147. The van der Waals surface area contributed by atoms with Crippen LogP contribution in [0.4, 0.5) is 4.39 Å². The van der Waals surface area contributed by atoms with Crippen molar-refractivity contribution in [3.63, 3.8) is 0 Å². The van der Waals surface area contributed by atoms with Gasteiger partial charge in [-0.25, -0.2) is 18.5 Å². The number of hydrogen-bond acceptors (Lipinski definition) is 9. The first-order valence-electron chi connectivity index (χ1n) is 14.7. The fraction of sp³-hybridized carbons (Fsp3) is 0.364. The predicted molar refractivity (Wildman–Crippen MR) is 172 cm³/mol. The Kier molecular flexibility index (Phi) is 9.54. The zero-order valence-corrected chi connectivity index (χ0v) is 27.3. The highest BCUT2D eigenvalue weighted by atomic mass is 32.1. The SMILES string of the molecule is COc1ccc(F)cc1[C@H](Cn1c(=O)n(C(C)C(=O)OCc2ccccc2)c(=O)c2c(C)c(-n3nccn3)sc21)OCC(C)(C)C. The molecule has 5 rings (SSSR count). The van der Waals surface area contributed by atoms with Crippen LogP contribution in [0.2, 0.25) is 0 Å². The maximum Gasteiger partial charge on any atom is 0.333 e. The largest absolute Gasteiger partial charge is 0.496 e. The highest BCUT2D eigenvalue weighted by Gasteiger charge is 2.30. The lowest BCUT2D eigenvalue weighted by Gasteiger charge is -2.27. The summed E-state index contributed by atoms with van der Waals surface area (Å²) in [4.78, 5) is 43.4. The second-order valence-corrected chi connectivity index (χ2v) is 13.1. The summed E-state index contributed by atoms with van der Waals surface area (Å²) in [6, 6.07) is 11.9. The van der Waals surface area contributed by atoms with Crippen LogP contribution in [0.1, 0.15) is 56.5 Å². The zero-order valence-electron chi connectivity index (χ0n) is 26.5. The van der Waals surface area contributed by atoms with Crippen LogP contribution in [-0.2, 0) is 27.4 Å². The first-order valence-corrected chi connectivity index (χ1v) is 15.5. The molecule has 0 aliphatic carbocycles. The van der Waals surface area contributed by atoms with Gasteiger partial charge in [0.1, 0.15) is 40.2 Å². The van der Waals surface area contributed by atoms with E-state index in [1.807, 2.05) is 39.0 Å². The van der Waals surface area contributed by atoms with Crippen LogP contribution in [0, 0.1) is 18.2 Å². The van der Waals surface area contributed by atoms with Gasteiger partial charge in [0.15, 0.2) is 0 Å². The number of thiophene rings is 1. The first-order chi connectivity index (χ1) is 21.9. The van der Waals surface area contributed by atoms with Gasteiger partial charge in [0.2, 0.25) is 0 Å². The van der Waals surface area contributed by atoms with Gasteiger partial charge in [-0.1, -0.05) is 62.4 Å². The third kappa shape index (κ3) is 6.80. The van der Waals surface area contributed by atoms with E-state index < -0.39 is 35.2 Å². The topological polar surface area (TPSA) is 119 Å². The Balaban J connectivity index is 1.68. The van der Waals surface area contributed by atoms with Crippen molar-refractivity contribution in [3.8, 4) is 10.8 Å². The fourth-order valence-electron chi connectivity index (χ4n) is 5.04. The van der Waals surface area contributed by atoms with Gasteiger partial charge in [-0.05, 0) is 43.0 Å². The van der Waals surface area contributed by atoms with E-state index in [9.17, 15) is 18.8 Å². The fourth-order valence-corrected chi connectivity index (χ4v) is 6.25. The number of carbonyl (C=O) groups is 1. The van der Waals surface area contributed by atoms with Crippen LogP contribution < -0.4 is 16.0 Å². The number of ether oxygens (including phenoxy) is 3. The van der Waals surface area contributed by atoms with Gasteiger partial charge in [0.25, 0.3) is 5.56 Å². The van der Waals surface area contributed by atoms with Crippen molar-refractivity contribution in [2.24, 2.45) is 5.41 Å². The minimum Gasteiger partial charge on any atom is -0.496 e. The molecule has 0 fully saturated rings. The highest BCUT2D eigenvalue weighted by molar-refractivity contribution is 7.21. The summed E-state index contributed by atoms with van der Waals surface area (Å²) in [7, 11) is 1.47. The molecule has 0 radical (unpaired) electrons. The average Bonchev–Trinajstić information content (AvgIpc) is 3.67. The van der Waals surface area contributed by atoms with Crippen LogP contribution >= 0.6 is 11.3 Å². The Labute approximate surface area is 268 Å². The molecule has 0 bridgehead atoms. The monoisotopic (exact) mass is 649 g/mol. The van der Waals surface area contributed by atoms with Gasteiger partial charge in [-0.15, -0.1) is 4.80 Å². The summed E-state index contributed by atoms with van der Waals surface area (Å²) in [6.07, 6.45) is 2.14. The molecule has 46 heavy (non-hydrogen) atoms. The molecule has 2 atom stereocenters. The molecule has 5 aromatic rings. The maximum atomic E-state index is 14.6. The Hall–Kier alpha value is -4.62. The van der Waals surface area contributed by atoms with Crippen molar-refractivity contribution < 1.29 is 23.4 Å². The lowest BCUT2D eigenvalue weighted by Crippen LogP contribution is -2.44. The number of aromatic nitrogens is 5. The minimum atomic E-state index is -1.26. The average molecular weight is 650 g/mol. The molecule has 0 aliphatic rings. The highest BCUT2D eigenvalue weighted by Crippen LogP contribution is 2.35. The van der Waals surface area contributed by atoms with Crippen LogP contribution in [-0.4, -0.2) is 43.8 Å². The van der Waals surface area contributed by atoms with Crippen LogP contribution in [0.3, 0.4) is 0 Å². The number of nitrogens with zero attached hydrogens (tertiary/aromatic N) is 5. The van der Waals surface area contributed by atoms with E-state index in [-0.39, 0.29) is 30.6 Å². The number of rotatable bonds is 11. The van der Waals surface area contributed by atoms with Gasteiger partial charge in [0.05, 0.1) is 38.0 Å². The molecule has 13 heteroatoms. The Morgan fingerprint density at radius 1 is 1.07 bits per heavy atom. The molecular weight excluding hydrogens is 613 g/mol. The molecule has 3 aromatic heterocycles. The predicted octanol–water partition coefficient (Wildman–Crippen LogP) is 5.37. The van der Waals surface area contributed by atoms with Crippen LogP contribution in [0.5, 0.6) is 5.75 Å². The van der Waals surface area contributed by atoms with Gasteiger partial charge in [-0.3, -0.25) is 9.36 Å². The number of esters is 1. The van der Waals surface area contributed by atoms with E-state index in [1.165, 1.54) is 54.0 Å². The van der Waals surface area contributed by atoms with Crippen molar-refractivity contribution in [1.29, 1.82) is 0 Å². The lowest BCUT2D eigenvalue weighted by molar-refractivity contribution is -0.148. The number of carbonyl (C=O) groups excluding carboxylic acids is 1. The quantitative estimate of drug-likeness (QED) is 0.175. The standard InChI is InChI=1S/C33H36FN5O6S/c1-20-27-28(40)38(21(2)31(41)44-18-22-10-8-7-9-11-22)32(42)37(30(27)46-29(20)39-35-14-15-36-39)17-26(45-19-33(3,4)5)24-16-23(34)12-13-25(24)43-6/h7-16,21,26H,17-19H2,1-6H3/t21?,26-/m0/s1. The molecule has 0 saturated heterocycles. The van der Waals surface area contributed by atoms with Gasteiger partial charge >= 0.3 is 11.7 Å². The Morgan fingerprint density at radius 2 is 1.76 bits per heavy atom. The van der Waals surface area contributed by atoms with E-state index >= 15 is 0 Å². The molecule has 11 nitrogen and oxygen atoms in total. The first kappa shape index (κ1) is 32.8. The van der Waals surface area contributed by atoms with E-state index in [0.717, 1.165) is 21.5 Å². The normalized spacial score (nSPS) is 13.1. The summed E-state index contributed by atoms with van der Waals surface area (Å²) in [6.45, 7) is 9.29. The molecule has 0 amide bonds. The van der Waals surface area contributed by atoms with Gasteiger partial charge in [-0.2, -0.15) is 10.2 Å². The summed E-state index contributed by atoms with van der Waals surface area (Å²) < 4.78 is 34.3. The summed E-state index contributed by atoms with van der Waals surface area (Å²) in [5, 5.41) is 9.20. The number of aryl methyl sites for hydroxylation is 1. The smallest absolute Gasteiger partial charge is 0.333 e. The van der Waals surface area contributed by atoms with Gasteiger partial charge < -0.3 is 14.2 Å². The molecular formula is C33H36FN5O6S. The van der Waals surface area contributed by atoms with Gasteiger partial charge in [0, 0.05) is 11.1 Å². The van der Waals surface area contributed by atoms with Crippen molar-refractivity contribution in [3.05, 3.63) is 104 Å². The van der Waals surface area contributed by atoms with Crippen molar-refractivity contribution in [2.75, 3.05) is 13.7 Å². The van der Waals surface area contributed by atoms with E-state index in [2.05, 4.69) is 10.2 Å². The van der Waals surface area contributed by atoms with Crippen molar-refractivity contribution in [2.45, 2.75) is 59.9 Å². The van der Waals surface area contributed by atoms with Crippen LogP contribution in [0.15, 0.2) is 70.5 Å². The Morgan fingerprint density at radius 3 is 2.41 bits per heavy atom. The van der Waals surface area contributed by atoms with E-state index in [1.54, 1.807) is 19.1 Å². The summed E-state index contributed by atoms with van der Waals surface area (Å²) >= 11 is 1.16. The number of benzene rings is 2. The van der Waals surface area contributed by atoms with Crippen molar-refractivity contribution >= 4 is 27.5 Å². The molecule has 2 aromatic carbocycles. The number of methoxy groups -OCH3 is 1. The lowest BCUT2D eigenvalue weighted by atomic mass is 9.98.